The number of nitrogens with zero attached hydrogens (tertiary/aromatic N) is 2. The molecule has 1 atom stereocenters. The predicted molar refractivity (Wildman–Crippen MR) is 117 cm³/mol. The lowest BCUT2D eigenvalue weighted by atomic mass is 9.93. The van der Waals surface area contributed by atoms with Gasteiger partial charge in [0.05, 0.1) is 19.3 Å². The molecular formula is C24H27N3O4. The summed E-state index contributed by atoms with van der Waals surface area (Å²) < 4.78 is 5.80. The van der Waals surface area contributed by atoms with Gasteiger partial charge in [0, 0.05) is 17.7 Å². The summed E-state index contributed by atoms with van der Waals surface area (Å²) in [5, 5.41) is 27.6. The fraction of sp³-hybridized carbons (Fsp3) is 0.333. The molecule has 7 nitrogen and oxygen atoms in total. The van der Waals surface area contributed by atoms with E-state index in [4.69, 9.17) is 4.74 Å². The van der Waals surface area contributed by atoms with Crippen LogP contribution >= 0.6 is 0 Å². The van der Waals surface area contributed by atoms with Crippen molar-refractivity contribution in [3.63, 3.8) is 0 Å². The summed E-state index contributed by atoms with van der Waals surface area (Å²) in [5.41, 5.74) is 4.91. The Morgan fingerprint density at radius 1 is 1.23 bits per heavy atom. The fourth-order valence-electron chi connectivity index (χ4n) is 4.32. The number of aromatic nitrogens is 2. The van der Waals surface area contributed by atoms with Crippen LogP contribution in [0.5, 0.6) is 11.5 Å². The maximum absolute atomic E-state index is 13.1. The second-order valence-corrected chi connectivity index (χ2v) is 7.88. The molecule has 162 valence electrons. The maximum atomic E-state index is 13.1. The number of carbonyl (C=O) groups is 1. The van der Waals surface area contributed by atoms with E-state index in [1.54, 1.807) is 11.0 Å². The lowest BCUT2D eigenvalue weighted by Gasteiger charge is -2.26. The number of rotatable bonds is 7. The van der Waals surface area contributed by atoms with Crippen molar-refractivity contribution in [1.29, 1.82) is 0 Å². The van der Waals surface area contributed by atoms with Crippen molar-refractivity contribution in [1.82, 2.24) is 15.1 Å². The normalized spacial score (nSPS) is 15.4. The first-order chi connectivity index (χ1) is 15.0. The molecule has 1 aliphatic heterocycles. The summed E-state index contributed by atoms with van der Waals surface area (Å²) in [6.45, 7) is 6.51. The van der Waals surface area contributed by atoms with Gasteiger partial charge in [-0.3, -0.25) is 9.89 Å². The molecule has 2 aromatic carbocycles. The number of carbonyl (C=O) groups excluding carboxylic acids is 1. The minimum atomic E-state index is -0.450. The van der Waals surface area contributed by atoms with Crippen molar-refractivity contribution in [3.8, 4) is 22.8 Å². The van der Waals surface area contributed by atoms with Crippen molar-refractivity contribution in [3.05, 3.63) is 64.3 Å². The average Bonchev–Trinajstić information content (AvgIpc) is 3.26. The second kappa shape index (κ2) is 8.43. The summed E-state index contributed by atoms with van der Waals surface area (Å²) in [7, 11) is 0. The number of β-amino-alcohol motifs (C(OH)–C–C–N with tert-alkyl or cyclic N) is 1. The zero-order chi connectivity index (χ0) is 22.1. The standard InChI is InChI=1S/C24H27N3O4/c1-4-10-31-17-7-5-6-16(13-17)23-20-21(19-15(3)11-14(2)12-18(19)29)25-26-22(20)24(30)27(23)8-9-28/h5-7,11-13,23,28-29H,4,8-10H2,1-3H3,(H,25,26)/t23-/m0/s1. The number of ether oxygens (including phenoxy) is 1. The molecule has 7 heteroatoms. The van der Waals surface area contributed by atoms with Crippen molar-refractivity contribution in [2.75, 3.05) is 19.8 Å². The van der Waals surface area contributed by atoms with Gasteiger partial charge in [-0.05, 0) is 55.2 Å². The minimum absolute atomic E-state index is 0.124. The molecule has 0 fully saturated rings. The number of nitrogens with one attached hydrogen (secondary N) is 1. The van der Waals surface area contributed by atoms with Crippen LogP contribution in [0.25, 0.3) is 11.3 Å². The van der Waals surface area contributed by atoms with Crippen LogP contribution in [0.4, 0.5) is 0 Å². The number of hydrogen-bond donors (Lipinski definition) is 3. The summed E-state index contributed by atoms with van der Waals surface area (Å²) >= 11 is 0. The number of aliphatic hydroxyl groups is 1. The van der Waals surface area contributed by atoms with E-state index in [0.29, 0.717) is 29.1 Å². The molecule has 1 aliphatic rings. The molecule has 0 aliphatic carbocycles. The number of amides is 1. The molecule has 1 amide bonds. The topological polar surface area (TPSA) is 98.7 Å². The molecule has 0 saturated carbocycles. The van der Waals surface area contributed by atoms with Gasteiger partial charge in [0.25, 0.3) is 5.91 Å². The van der Waals surface area contributed by atoms with Crippen LogP contribution in [0.1, 0.15) is 52.1 Å². The van der Waals surface area contributed by atoms with Crippen LogP contribution in [0.2, 0.25) is 0 Å². The van der Waals surface area contributed by atoms with Crippen LogP contribution < -0.4 is 4.74 Å². The molecular weight excluding hydrogens is 394 g/mol. The molecule has 0 spiro atoms. The molecule has 3 N–H and O–H groups in total. The van der Waals surface area contributed by atoms with Gasteiger partial charge in [-0.1, -0.05) is 25.1 Å². The third-order valence-corrected chi connectivity index (χ3v) is 5.55. The molecule has 0 unspecified atom stereocenters. The molecule has 3 aromatic rings. The Kier molecular flexibility index (Phi) is 5.69. The third kappa shape index (κ3) is 3.65. The molecule has 0 saturated heterocycles. The van der Waals surface area contributed by atoms with E-state index in [1.807, 2.05) is 51.1 Å². The first-order valence-electron chi connectivity index (χ1n) is 10.5. The fourth-order valence-corrected chi connectivity index (χ4v) is 4.32. The number of hydrogen-bond acceptors (Lipinski definition) is 5. The van der Waals surface area contributed by atoms with Gasteiger partial charge in [0.15, 0.2) is 0 Å². The SMILES string of the molecule is CCCOc1cccc([C@H]2c3c(-c4c(C)cc(C)cc4O)n[nH]c3C(=O)N2CCO)c1. The van der Waals surface area contributed by atoms with Crippen molar-refractivity contribution in [2.45, 2.75) is 33.2 Å². The van der Waals surface area contributed by atoms with E-state index in [9.17, 15) is 15.0 Å². The second-order valence-electron chi connectivity index (χ2n) is 7.88. The molecule has 0 radical (unpaired) electrons. The van der Waals surface area contributed by atoms with Gasteiger partial charge in [-0.2, -0.15) is 5.10 Å². The number of aliphatic hydroxyl groups excluding tert-OH is 1. The van der Waals surface area contributed by atoms with Gasteiger partial charge < -0.3 is 19.8 Å². The number of phenols is 1. The Morgan fingerprint density at radius 3 is 2.74 bits per heavy atom. The van der Waals surface area contributed by atoms with Crippen LogP contribution in [0.3, 0.4) is 0 Å². The number of aromatic amines is 1. The van der Waals surface area contributed by atoms with E-state index in [2.05, 4.69) is 10.2 Å². The van der Waals surface area contributed by atoms with E-state index in [0.717, 1.165) is 28.9 Å². The molecule has 2 heterocycles. The zero-order valence-corrected chi connectivity index (χ0v) is 18.0. The smallest absolute Gasteiger partial charge is 0.273 e. The number of H-pyrrole nitrogens is 1. The highest BCUT2D eigenvalue weighted by Crippen LogP contribution is 2.45. The Hall–Kier alpha value is -3.32. The van der Waals surface area contributed by atoms with Gasteiger partial charge >= 0.3 is 0 Å². The van der Waals surface area contributed by atoms with Crippen molar-refractivity contribution in [2.24, 2.45) is 0 Å². The highest BCUT2D eigenvalue weighted by Gasteiger charge is 2.42. The molecule has 0 bridgehead atoms. The van der Waals surface area contributed by atoms with Crippen LogP contribution in [0, 0.1) is 13.8 Å². The number of aryl methyl sites for hydroxylation is 2. The average molecular weight is 421 g/mol. The maximum Gasteiger partial charge on any atom is 0.273 e. The number of phenolic OH excluding ortho intramolecular Hbond substituents is 1. The van der Waals surface area contributed by atoms with Crippen LogP contribution in [-0.2, 0) is 0 Å². The van der Waals surface area contributed by atoms with Gasteiger partial charge in [0.1, 0.15) is 22.9 Å². The first kappa shape index (κ1) is 20.9. The van der Waals surface area contributed by atoms with E-state index in [1.165, 1.54) is 0 Å². The van der Waals surface area contributed by atoms with Gasteiger partial charge in [-0.25, -0.2) is 0 Å². The third-order valence-electron chi connectivity index (χ3n) is 5.55. The Balaban J connectivity index is 1.88. The lowest BCUT2D eigenvalue weighted by Crippen LogP contribution is -2.32. The molecule has 31 heavy (non-hydrogen) atoms. The molecule has 4 rings (SSSR count). The Bertz CT molecular complexity index is 1100. The summed E-state index contributed by atoms with van der Waals surface area (Å²) in [6.07, 6.45) is 0.894. The number of fused-ring (bicyclic) bond motifs is 1. The van der Waals surface area contributed by atoms with E-state index < -0.39 is 6.04 Å². The Morgan fingerprint density at radius 2 is 2.03 bits per heavy atom. The minimum Gasteiger partial charge on any atom is -0.507 e. The quantitative estimate of drug-likeness (QED) is 0.540. The van der Waals surface area contributed by atoms with Crippen molar-refractivity contribution >= 4 is 5.91 Å². The van der Waals surface area contributed by atoms with Crippen LogP contribution in [-0.4, -0.2) is 51.0 Å². The largest absolute Gasteiger partial charge is 0.507 e. The highest BCUT2D eigenvalue weighted by molar-refractivity contribution is 6.00. The van der Waals surface area contributed by atoms with Gasteiger partial charge in [0.2, 0.25) is 0 Å². The lowest BCUT2D eigenvalue weighted by molar-refractivity contribution is 0.0706. The van der Waals surface area contributed by atoms with Crippen LogP contribution in [0.15, 0.2) is 36.4 Å². The Labute approximate surface area is 181 Å². The zero-order valence-electron chi connectivity index (χ0n) is 18.0. The summed E-state index contributed by atoms with van der Waals surface area (Å²) in [4.78, 5) is 14.8. The molecule has 1 aromatic heterocycles. The number of aromatic hydroxyl groups is 1. The van der Waals surface area contributed by atoms with Crippen molar-refractivity contribution < 1.29 is 19.7 Å². The first-order valence-corrected chi connectivity index (χ1v) is 10.5. The van der Waals surface area contributed by atoms with Gasteiger partial charge in [-0.15, -0.1) is 0 Å². The number of benzene rings is 2. The predicted octanol–water partition coefficient (Wildman–Crippen LogP) is 3.73. The summed E-state index contributed by atoms with van der Waals surface area (Å²) in [6, 6.07) is 10.9. The van der Waals surface area contributed by atoms with E-state index in [-0.39, 0.29) is 24.8 Å². The monoisotopic (exact) mass is 421 g/mol. The van der Waals surface area contributed by atoms with E-state index >= 15 is 0 Å². The highest BCUT2D eigenvalue weighted by atomic mass is 16.5. The summed E-state index contributed by atoms with van der Waals surface area (Å²) in [5.74, 6) is 0.624.